The highest BCUT2D eigenvalue weighted by atomic mass is 16.7. The molecule has 7 aliphatic rings. The molecule has 0 aromatic heterocycles. The normalized spacial score (nSPS) is 53.8. The molecule has 6 fully saturated rings. The Balaban J connectivity index is 0.991. The molecule has 0 amide bonds. The van der Waals surface area contributed by atoms with Crippen LogP contribution in [0.5, 0.6) is 0 Å². The fourth-order valence-corrected chi connectivity index (χ4v) is 11.1. The molecular formula is C35H52O13. The first kappa shape index (κ1) is 34.9. The number of carbonyl (C=O) groups is 2. The maximum Gasteiger partial charge on any atom is 0.331 e. The van der Waals surface area contributed by atoms with E-state index in [0.717, 1.165) is 31.3 Å². The van der Waals surface area contributed by atoms with Crippen LogP contribution in [0.4, 0.5) is 0 Å². The number of carbonyl (C=O) groups excluding carboxylic acids is 2. The van der Waals surface area contributed by atoms with Crippen LogP contribution in [0, 0.1) is 28.1 Å². The minimum Gasteiger partial charge on any atom is -0.458 e. The van der Waals surface area contributed by atoms with Crippen molar-refractivity contribution in [3.63, 3.8) is 0 Å². The number of fused-ring (bicyclic) bond motifs is 3. The number of cyclic esters (lactones) is 1. The summed E-state index contributed by atoms with van der Waals surface area (Å²) in [5, 5.41) is 63.5. The molecule has 270 valence electrons. The van der Waals surface area contributed by atoms with Gasteiger partial charge in [-0.1, -0.05) is 13.8 Å². The van der Waals surface area contributed by atoms with E-state index in [1.807, 2.05) is 0 Å². The average molecular weight is 681 g/mol. The number of aliphatic hydroxyl groups excluding tert-OH is 5. The molecule has 13 heteroatoms. The van der Waals surface area contributed by atoms with Crippen LogP contribution >= 0.6 is 0 Å². The predicted molar refractivity (Wildman–Crippen MR) is 165 cm³/mol. The zero-order chi connectivity index (χ0) is 34.4. The molecule has 2 bridgehead atoms. The van der Waals surface area contributed by atoms with Gasteiger partial charge in [0.05, 0.1) is 30.5 Å². The van der Waals surface area contributed by atoms with E-state index in [9.17, 15) is 40.2 Å². The van der Waals surface area contributed by atoms with Crippen molar-refractivity contribution in [1.29, 1.82) is 0 Å². The van der Waals surface area contributed by atoms with Gasteiger partial charge in [-0.3, -0.25) is 4.79 Å². The van der Waals surface area contributed by atoms with E-state index < -0.39 is 83.8 Å². The van der Waals surface area contributed by atoms with Crippen molar-refractivity contribution in [2.24, 2.45) is 28.1 Å². The first-order valence-corrected chi connectivity index (χ1v) is 17.8. The molecule has 0 aromatic rings. The van der Waals surface area contributed by atoms with Gasteiger partial charge < -0.3 is 54.3 Å². The van der Waals surface area contributed by atoms with Crippen molar-refractivity contribution in [1.82, 2.24) is 0 Å². The topological polar surface area (TPSA) is 202 Å². The molecule has 1 unspecified atom stereocenters. The van der Waals surface area contributed by atoms with Gasteiger partial charge >= 0.3 is 5.97 Å². The summed E-state index contributed by atoms with van der Waals surface area (Å²) in [5.74, 6) is 0.0301. The summed E-state index contributed by atoms with van der Waals surface area (Å²) in [6, 6.07) is 0. The number of esters is 1. The van der Waals surface area contributed by atoms with Crippen molar-refractivity contribution >= 4 is 11.8 Å². The molecule has 16 atom stereocenters. The molecule has 7 rings (SSSR count). The van der Waals surface area contributed by atoms with Gasteiger partial charge in [0.15, 0.2) is 12.6 Å². The van der Waals surface area contributed by atoms with Gasteiger partial charge in [0.25, 0.3) is 0 Å². The number of aliphatic hydroxyl groups is 6. The molecular weight excluding hydrogens is 628 g/mol. The van der Waals surface area contributed by atoms with Gasteiger partial charge in [-0.15, -0.1) is 0 Å². The highest BCUT2D eigenvalue weighted by Crippen LogP contribution is 2.71. The molecule has 3 heterocycles. The molecule has 0 radical (unpaired) electrons. The van der Waals surface area contributed by atoms with Gasteiger partial charge in [-0.2, -0.15) is 0 Å². The maximum absolute atomic E-state index is 14.5. The lowest BCUT2D eigenvalue weighted by Gasteiger charge is -2.68. The Bertz CT molecular complexity index is 1290. The van der Waals surface area contributed by atoms with Crippen molar-refractivity contribution in [2.75, 3.05) is 13.2 Å². The standard InChI is InChI=1S/C35H52O13/c1-17-29(48-30-28(41)27(40)26(39)22(15-36)47-30)21(37)13-25(45-17)46-19-4-8-33(3)23-6-7-32(2)20(18-12-24(38)44-16-18)5-9-34(23,31(32)42)10-11-35(33,43)14-19/h12,17,19-23,25-30,36-37,39-41,43H,4-11,13-16H2,1-3H3/t17-,19+,20-,21+,22-,23?,25+,26-,27+,28-,29-,30+,32-,33-,34+,35+/m1/s1. The number of hydrogen-bond acceptors (Lipinski definition) is 13. The van der Waals surface area contributed by atoms with Crippen LogP contribution in [0.3, 0.4) is 0 Å². The largest absolute Gasteiger partial charge is 0.458 e. The minimum atomic E-state index is -1.60. The van der Waals surface area contributed by atoms with E-state index in [0.29, 0.717) is 37.9 Å². The Labute approximate surface area is 280 Å². The van der Waals surface area contributed by atoms with E-state index in [2.05, 4.69) is 13.8 Å². The molecule has 6 N–H and O–H groups in total. The van der Waals surface area contributed by atoms with Crippen LogP contribution in [-0.4, -0.2) is 123 Å². The van der Waals surface area contributed by atoms with Crippen LogP contribution in [0.15, 0.2) is 11.6 Å². The second-order valence-corrected chi connectivity index (χ2v) is 16.2. The van der Waals surface area contributed by atoms with Crippen LogP contribution in [-0.2, 0) is 33.3 Å². The number of ketones is 1. The SMILES string of the molecule is C[C@H]1O[C@@H](O[C@H]2CC[C@]3(C)C4CC[C@@]5(C)C(=O)[C@@]4(CC[C@@H]5C4=CC(=O)OC4)CC[C@]3(O)C2)C[C@H](O)[C@@H]1O[C@@H]1O[C@H](CO)[C@@H](O)[C@H](O)[C@H]1O. The molecule has 1 spiro atoms. The van der Waals surface area contributed by atoms with Gasteiger partial charge in [0, 0.05) is 35.2 Å². The van der Waals surface area contributed by atoms with Crippen molar-refractivity contribution in [2.45, 2.75) is 152 Å². The van der Waals surface area contributed by atoms with Crippen LogP contribution < -0.4 is 0 Å². The van der Waals surface area contributed by atoms with Crippen LogP contribution in [0.2, 0.25) is 0 Å². The lowest BCUT2D eigenvalue weighted by atomic mass is 9.36. The van der Waals surface area contributed by atoms with E-state index in [1.54, 1.807) is 13.0 Å². The Morgan fingerprint density at radius 1 is 0.917 bits per heavy atom. The minimum absolute atomic E-state index is 0.0104. The first-order chi connectivity index (χ1) is 22.7. The third kappa shape index (κ3) is 5.26. The highest BCUT2D eigenvalue weighted by Gasteiger charge is 2.71. The zero-order valence-corrected chi connectivity index (χ0v) is 28.0. The molecule has 3 aliphatic heterocycles. The van der Waals surface area contributed by atoms with E-state index in [1.165, 1.54) is 0 Å². The van der Waals surface area contributed by atoms with Gasteiger partial charge in [0.2, 0.25) is 0 Å². The summed E-state index contributed by atoms with van der Waals surface area (Å²) in [6.07, 6.45) is -3.40. The maximum atomic E-state index is 14.5. The fourth-order valence-electron chi connectivity index (χ4n) is 11.1. The Morgan fingerprint density at radius 2 is 1.69 bits per heavy atom. The lowest BCUT2D eigenvalue weighted by molar-refractivity contribution is -0.345. The lowest BCUT2D eigenvalue weighted by Crippen LogP contribution is -2.69. The first-order valence-electron chi connectivity index (χ1n) is 17.8. The van der Waals surface area contributed by atoms with Crippen molar-refractivity contribution in [3.8, 4) is 0 Å². The summed E-state index contributed by atoms with van der Waals surface area (Å²) in [6.45, 7) is 5.60. The molecule has 2 saturated heterocycles. The molecule has 48 heavy (non-hydrogen) atoms. The molecule has 0 aromatic carbocycles. The van der Waals surface area contributed by atoms with Crippen LogP contribution in [0.25, 0.3) is 0 Å². The number of Topliss-reactive ketones (excluding diaryl/α,β-unsaturated/α-hetero) is 1. The third-order valence-electron chi connectivity index (χ3n) is 13.9. The monoisotopic (exact) mass is 680 g/mol. The smallest absolute Gasteiger partial charge is 0.331 e. The van der Waals surface area contributed by atoms with Crippen molar-refractivity contribution in [3.05, 3.63) is 11.6 Å². The summed E-state index contributed by atoms with van der Waals surface area (Å²) in [4.78, 5) is 26.4. The predicted octanol–water partition coefficient (Wildman–Crippen LogP) is 0.633. The molecule has 4 aliphatic carbocycles. The van der Waals surface area contributed by atoms with Gasteiger partial charge in [0.1, 0.15) is 42.9 Å². The third-order valence-corrected chi connectivity index (χ3v) is 13.9. The Kier molecular flexibility index (Phi) is 8.96. The molecule has 4 saturated carbocycles. The number of rotatable bonds is 6. The second-order valence-electron chi connectivity index (χ2n) is 16.2. The quantitative estimate of drug-likeness (QED) is 0.169. The fraction of sp³-hybridized carbons (Fsp3) is 0.886. The Morgan fingerprint density at radius 3 is 2.38 bits per heavy atom. The van der Waals surface area contributed by atoms with Crippen molar-refractivity contribution < 1.29 is 63.9 Å². The summed E-state index contributed by atoms with van der Waals surface area (Å²) in [5.41, 5.74) is -1.58. The van der Waals surface area contributed by atoms with Gasteiger partial charge in [-0.25, -0.2) is 4.79 Å². The second kappa shape index (κ2) is 12.3. The number of ether oxygens (including phenoxy) is 5. The summed E-state index contributed by atoms with van der Waals surface area (Å²) >= 11 is 0. The Hall–Kier alpha value is -1.52. The average Bonchev–Trinajstić information content (AvgIpc) is 3.46. The van der Waals surface area contributed by atoms with E-state index >= 15 is 0 Å². The summed E-state index contributed by atoms with van der Waals surface area (Å²) < 4.78 is 29.0. The number of hydrogen-bond donors (Lipinski definition) is 6. The summed E-state index contributed by atoms with van der Waals surface area (Å²) in [7, 11) is 0. The van der Waals surface area contributed by atoms with Crippen LogP contribution in [0.1, 0.15) is 85.0 Å². The zero-order valence-electron chi connectivity index (χ0n) is 28.0. The van der Waals surface area contributed by atoms with E-state index in [-0.39, 0.29) is 36.9 Å². The molecule has 13 nitrogen and oxygen atoms in total. The van der Waals surface area contributed by atoms with E-state index in [4.69, 9.17) is 23.7 Å². The van der Waals surface area contributed by atoms with Gasteiger partial charge in [-0.05, 0) is 75.7 Å². The highest BCUT2D eigenvalue weighted by molar-refractivity contribution is 5.94.